The molecular formula is C11H13FN2O2. The van der Waals surface area contributed by atoms with Crippen molar-refractivity contribution < 1.29 is 14.3 Å². The number of hydrogen-bond donors (Lipinski definition) is 1. The number of aliphatic imine (C=N–C) groups is 1. The molecule has 1 N–H and O–H groups in total. The molecule has 4 nitrogen and oxygen atoms in total. The van der Waals surface area contributed by atoms with Crippen molar-refractivity contribution in [1.29, 1.82) is 0 Å². The van der Waals surface area contributed by atoms with E-state index in [0.29, 0.717) is 12.1 Å². The van der Waals surface area contributed by atoms with Crippen molar-refractivity contribution >= 4 is 6.08 Å². The molecule has 0 atom stereocenters. The van der Waals surface area contributed by atoms with Crippen LogP contribution in [0.2, 0.25) is 0 Å². The number of isocyanates is 1. The number of aromatic hydroxyl groups is 1. The molecule has 0 aromatic heterocycles. The van der Waals surface area contributed by atoms with Crippen LogP contribution in [0.15, 0.2) is 17.1 Å². The van der Waals surface area contributed by atoms with E-state index in [4.69, 9.17) is 0 Å². The van der Waals surface area contributed by atoms with E-state index in [2.05, 4.69) is 4.99 Å². The third kappa shape index (κ3) is 3.15. The highest BCUT2D eigenvalue weighted by molar-refractivity contribution is 5.40. The molecule has 1 rings (SSSR count). The highest BCUT2D eigenvalue weighted by atomic mass is 19.1. The molecule has 1 aromatic carbocycles. The van der Waals surface area contributed by atoms with Gasteiger partial charge in [-0.2, -0.15) is 0 Å². The monoisotopic (exact) mass is 224 g/mol. The van der Waals surface area contributed by atoms with Crippen molar-refractivity contribution in [2.24, 2.45) is 4.99 Å². The van der Waals surface area contributed by atoms with Crippen LogP contribution >= 0.6 is 0 Å². The molecule has 0 unspecified atom stereocenters. The van der Waals surface area contributed by atoms with Crippen LogP contribution in [0.5, 0.6) is 5.75 Å². The quantitative estimate of drug-likeness (QED) is 0.621. The van der Waals surface area contributed by atoms with Gasteiger partial charge in [0.15, 0.2) is 11.6 Å². The number of hydrogen-bond acceptors (Lipinski definition) is 4. The van der Waals surface area contributed by atoms with Crippen molar-refractivity contribution in [2.45, 2.75) is 13.1 Å². The van der Waals surface area contributed by atoms with Crippen LogP contribution in [-0.2, 0) is 17.9 Å². The summed E-state index contributed by atoms with van der Waals surface area (Å²) in [6.07, 6.45) is 1.35. The Kier molecular flexibility index (Phi) is 4.17. The Hall–Kier alpha value is -1.71. The van der Waals surface area contributed by atoms with Crippen molar-refractivity contribution in [3.05, 3.63) is 29.1 Å². The van der Waals surface area contributed by atoms with Gasteiger partial charge >= 0.3 is 0 Å². The predicted molar refractivity (Wildman–Crippen MR) is 57.3 cm³/mol. The topological polar surface area (TPSA) is 52.9 Å². The van der Waals surface area contributed by atoms with Crippen LogP contribution in [-0.4, -0.2) is 30.2 Å². The molecule has 0 saturated heterocycles. The summed E-state index contributed by atoms with van der Waals surface area (Å²) in [6.45, 7) is 0.489. The summed E-state index contributed by atoms with van der Waals surface area (Å²) in [6, 6.07) is 2.89. The second kappa shape index (κ2) is 5.39. The number of carbonyl (C=O) groups excluding carboxylic acids is 1. The molecule has 16 heavy (non-hydrogen) atoms. The van der Waals surface area contributed by atoms with E-state index in [1.54, 1.807) is 6.07 Å². The van der Waals surface area contributed by atoms with E-state index < -0.39 is 11.6 Å². The molecule has 0 aliphatic carbocycles. The maximum Gasteiger partial charge on any atom is 0.235 e. The summed E-state index contributed by atoms with van der Waals surface area (Å²) in [7, 11) is 3.71. The second-order valence-electron chi connectivity index (χ2n) is 3.73. The molecule has 0 amide bonds. The lowest BCUT2D eigenvalue weighted by atomic mass is 10.1. The van der Waals surface area contributed by atoms with Gasteiger partial charge in [-0.15, -0.1) is 0 Å². The summed E-state index contributed by atoms with van der Waals surface area (Å²) in [5.74, 6) is -1.16. The average molecular weight is 224 g/mol. The van der Waals surface area contributed by atoms with Crippen molar-refractivity contribution in [1.82, 2.24) is 4.90 Å². The lowest BCUT2D eigenvalue weighted by molar-refractivity contribution is 0.396. The Labute approximate surface area is 93.0 Å². The summed E-state index contributed by atoms with van der Waals surface area (Å²) in [5.41, 5.74) is 1.01. The van der Waals surface area contributed by atoms with Gasteiger partial charge in [-0.3, -0.25) is 0 Å². The van der Waals surface area contributed by atoms with Crippen LogP contribution in [0.3, 0.4) is 0 Å². The van der Waals surface area contributed by atoms with Crippen LogP contribution in [0.1, 0.15) is 11.1 Å². The van der Waals surface area contributed by atoms with Crippen LogP contribution in [0.4, 0.5) is 4.39 Å². The van der Waals surface area contributed by atoms with E-state index in [9.17, 15) is 14.3 Å². The van der Waals surface area contributed by atoms with Crippen molar-refractivity contribution in [3.63, 3.8) is 0 Å². The normalized spacial score (nSPS) is 10.2. The fourth-order valence-corrected chi connectivity index (χ4v) is 1.41. The first-order valence-electron chi connectivity index (χ1n) is 4.73. The molecule has 5 heteroatoms. The average Bonchev–Trinajstić information content (AvgIpc) is 2.20. The number of benzene rings is 1. The van der Waals surface area contributed by atoms with Gasteiger partial charge in [-0.1, -0.05) is 0 Å². The largest absolute Gasteiger partial charge is 0.505 e. The summed E-state index contributed by atoms with van der Waals surface area (Å²) >= 11 is 0. The first-order chi connectivity index (χ1) is 7.54. The fourth-order valence-electron chi connectivity index (χ4n) is 1.41. The Morgan fingerprint density at radius 1 is 1.50 bits per heavy atom. The van der Waals surface area contributed by atoms with E-state index >= 15 is 0 Å². The minimum absolute atomic E-state index is 0.0620. The number of phenolic OH excluding ortho intramolecular Hbond substituents is 1. The van der Waals surface area contributed by atoms with E-state index in [0.717, 1.165) is 5.56 Å². The number of phenols is 1. The Morgan fingerprint density at radius 2 is 2.19 bits per heavy atom. The first-order valence-corrected chi connectivity index (χ1v) is 4.73. The SMILES string of the molecule is CN(C)Cc1cc(F)c(O)c(CN=C=O)c1. The maximum atomic E-state index is 13.3. The molecule has 0 aliphatic heterocycles. The molecule has 86 valence electrons. The molecule has 0 radical (unpaired) electrons. The van der Waals surface area contributed by atoms with Crippen LogP contribution in [0, 0.1) is 5.82 Å². The van der Waals surface area contributed by atoms with E-state index in [1.807, 2.05) is 19.0 Å². The van der Waals surface area contributed by atoms with Crippen LogP contribution in [0.25, 0.3) is 0 Å². The lowest BCUT2D eigenvalue weighted by Gasteiger charge is -2.11. The molecule has 0 saturated carbocycles. The number of rotatable bonds is 4. The van der Waals surface area contributed by atoms with Crippen molar-refractivity contribution in [2.75, 3.05) is 14.1 Å². The lowest BCUT2D eigenvalue weighted by Crippen LogP contribution is -2.11. The summed E-state index contributed by atoms with van der Waals surface area (Å²) in [4.78, 5) is 15.2. The summed E-state index contributed by atoms with van der Waals surface area (Å²) < 4.78 is 13.3. The molecule has 0 spiro atoms. The zero-order chi connectivity index (χ0) is 12.1. The molecule has 0 aliphatic rings. The highest BCUT2D eigenvalue weighted by Gasteiger charge is 2.09. The van der Waals surface area contributed by atoms with E-state index in [1.165, 1.54) is 12.1 Å². The molecular weight excluding hydrogens is 211 g/mol. The van der Waals surface area contributed by atoms with Gasteiger partial charge in [0.25, 0.3) is 0 Å². The fraction of sp³-hybridized carbons (Fsp3) is 0.364. The second-order valence-corrected chi connectivity index (χ2v) is 3.73. The van der Waals surface area contributed by atoms with Gasteiger partial charge in [0, 0.05) is 12.1 Å². The van der Waals surface area contributed by atoms with Crippen LogP contribution < -0.4 is 0 Å². The molecule has 0 bridgehead atoms. The Morgan fingerprint density at radius 3 is 2.75 bits per heavy atom. The van der Waals surface area contributed by atoms with Crippen molar-refractivity contribution in [3.8, 4) is 5.75 Å². The minimum atomic E-state index is -0.699. The maximum absolute atomic E-state index is 13.3. The Balaban J connectivity index is 3.05. The Bertz CT molecular complexity index is 426. The number of nitrogens with zero attached hydrogens (tertiary/aromatic N) is 2. The van der Waals surface area contributed by atoms with Gasteiger partial charge in [0.05, 0.1) is 6.54 Å². The molecule has 1 aromatic rings. The first kappa shape index (κ1) is 12.4. The third-order valence-electron chi connectivity index (χ3n) is 2.01. The summed E-state index contributed by atoms with van der Waals surface area (Å²) in [5, 5.41) is 9.40. The smallest absolute Gasteiger partial charge is 0.235 e. The number of halogens is 1. The zero-order valence-corrected chi connectivity index (χ0v) is 9.20. The molecule has 0 fully saturated rings. The molecule has 0 heterocycles. The van der Waals surface area contributed by atoms with E-state index in [-0.39, 0.29) is 6.54 Å². The van der Waals surface area contributed by atoms with Gasteiger partial charge in [0.2, 0.25) is 6.08 Å². The van der Waals surface area contributed by atoms with Gasteiger partial charge < -0.3 is 10.0 Å². The minimum Gasteiger partial charge on any atom is -0.505 e. The van der Waals surface area contributed by atoms with Gasteiger partial charge in [-0.05, 0) is 31.8 Å². The third-order valence-corrected chi connectivity index (χ3v) is 2.01. The van der Waals surface area contributed by atoms with Gasteiger partial charge in [-0.25, -0.2) is 14.2 Å². The van der Waals surface area contributed by atoms with Gasteiger partial charge in [0.1, 0.15) is 0 Å². The zero-order valence-electron chi connectivity index (χ0n) is 9.20. The highest BCUT2D eigenvalue weighted by Crippen LogP contribution is 2.24. The predicted octanol–water partition coefficient (Wildman–Crippen LogP) is 1.43. The standard InChI is InChI=1S/C11H13FN2O2/c1-14(2)6-8-3-9(5-13-7-15)11(16)10(12)4-8/h3-4,16H,5-6H2,1-2H3.